The Morgan fingerprint density at radius 1 is 1.06 bits per heavy atom. The highest BCUT2D eigenvalue weighted by Gasteiger charge is 2.35. The number of anilines is 1. The third-order valence-corrected chi connectivity index (χ3v) is 8.01. The standard InChI is InChI=1S/C20H25N3O7S2/c1-29-16-7-10-18(30-2)19(12-16)32(27,28)23-11-3-4-14(13-23)20(24)22-15-5-8-17(9-6-15)31(21,25)26/h5-10,12,14H,3-4,11,13H2,1-2H3,(H,22,24)(H2,21,25,26). The van der Waals surface area contributed by atoms with Gasteiger partial charge in [0.2, 0.25) is 26.0 Å². The second kappa shape index (κ2) is 9.45. The van der Waals surface area contributed by atoms with Crippen molar-refractivity contribution in [2.45, 2.75) is 22.6 Å². The van der Waals surface area contributed by atoms with Crippen molar-refractivity contribution in [3.8, 4) is 11.5 Å². The van der Waals surface area contributed by atoms with Gasteiger partial charge in [-0.3, -0.25) is 4.79 Å². The van der Waals surface area contributed by atoms with Crippen LogP contribution in [0.1, 0.15) is 12.8 Å². The van der Waals surface area contributed by atoms with E-state index in [-0.39, 0.29) is 34.5 Å². The zero-order chi connectivity index (χ0) is 23.5. The number of primary sulfonamides is 1. The predicted molar refractivity (Wildman–Crippen MR) is 117 cm³/mol. The normalized spacial score (nSPS) is 17.5. The molecule has 0 aliphatic carbocycles. The van der Waals surface area contributed by atoms with Crippen LogP contribution in [-0.4, -0.2) is 54.4 Å². The molecule has 0 saturated carbocycles. The van der Waals surface area contributed by atoms with Gasteiger partial charge in [0, 0.05) is 24.8 Å². The number of carbonyl (C=O) groups excluding carboxylic acids is 1. The van der Waals surface area contributed by atoms with Crippen molar-refractivity contribution < 1.29 is 31.1 Å². The number of hydrogen-bond acceptors (Lipinski definition) is 7. The molecule has 1 aliphatic rings. The summed E-state index contributed by atoms with van der Waals surface area (Å²) in [6.07, 6.45) is 1.02. The summed E-state index contributed by atoms with van der Waals surface area (Å²) in [7, 11) is -4.94. The number of hydrogen-bond donors (Lipinski definition) is 2. The number of methoxy groups -OCH3 is 2. The monoisotopic (exact) mass is 483 g/mol. The van der Waals surface area contributed by atoms with Gasteiger partial charge in [-0.05, 0) is 49.2 Å². The smallest absolute Gasteiger partial charge is 0.246 e. The number of benzene rings is 2. The molecule has 2 aromatic carbocycles. The van der Waals surface area contributed by atoms with E-state index in [1.807, 2.05) is 0 Å². The fourth-order valence-corrected chi connectivity index (χ4v) is 5.68. The summed E-state index contributed by atoms with van der Waals surface area (Å²) in [4.78, 5) is 12.7. The van der Waals surface area contributed by atoms with Gasteiger partial charge in [-0.2, -0.15) is 4.31 Å². The van der Waals surface area contributed by atoms with Gasteiger partial charge in [0.15, 0.2) is 0 Å². The highest BCUT2D eigenvalue weighted by molar-refractivity contribution is 7.89. The molecule has 0 bridgehead atoms. The Hall–Kier alpha value is -2.67. The molecule has 1 unspecified atom stereocenters. The summed E-state index contributed by atoms with van der Waals surface area (Å²) in [5.74, 6) is -0.371. The van der Waals surface area contributed by atoms with Gasteiger partial charge in [-0.15, -0.1) is 0 Å². The van der Waals surface area contributed by atoms with E-state index >= 15 is 0 Å². The van der Waals surface area contributed by atoms with Crippen LogP contribution >= 0.6 is 0 Å². The molecule has 3 N–H and O–H groups in total. The topological polar surface area (TPSA) is 145 Å². The van der Waals surface area contributed by atoms with Crippen LogP contribution in [0.4, 0.5) is 5.69 Å². The van der Waals surface area contributed by atoms with Crippen LogP contribution in [0.25, 0.3) is 0 Å². The van der Waals surface area contributed by atoms with Crippen molar-refractivity contribution in [1.29, 1.82) is 0 Å². The van der Waals surface area contributed by atoms with Gasteiger partial charge < -0.3 is 14.8 Å². The van der Waals surface area contributed by atoms with Gasteiger partial charge >= 0.3 is 0 Å². The third kappa shape index (κ3) is 5.21. The van der Waals surface area contributed by atoms with Crippen LogP contribution in [0.5, 0.6) is 11.5 Å². The molecular formula is C20H25N3O7S2. The van der Waals surface area contributed by atoms with Gasteiger partial charge in [-0.1, -0.05) is 0 Å². The summed E-state index contributed by atoms with van der Waals surface area (Å²) < 4.78 is 60.9. The molecule has 1 saturated heterocycles. The maximum atomic E-state index is 13.3. The Kier molecular flexibility index (Phi) is 7.08. The average molecular weight is 484 g/mol. The van der Waals surface area contributed by atoms with Crippen LogP contribution in [0, 0.1) is 5.92 Å². The molecule has 1 heterocycles. The van der Waals surface area contributed by atoms with Crippen molar-refractivity contribution in [2.75, 3.05) is 32.6 Å². The lowest BCUT2D eigenvalue weighted by molar-refractivity contribution is -0.120. The lowest BCUT2D eigenvalue weighted by Crippen LogP contribution is -2.43. The molecule has 12 heteroatoms. The molecule has 0 aromatic heterocycles. The number of sulfonamides is 2. The number of nitrogens with zero attached hydrogens (tertiary/aromatic N) is 1. The van der Waals surface area contributed by atoms with E-state index in [9.17, 15) is 21.6 Å². The van der Waals surface area contributed by atoms with E-state index in [4.69, 9.17) is 14.6 Å². The molecule has 174 valence electrons. The molecular weight excluding hydrogens is 458 g/mol. The maximum Gasteiger partial charge on any atom is 0.246 e. The lowest BCUT2D eigenvalue weighted by atomic mass is 9.99. The number of nitrogens with one attached hydrogen (secondary N) is 1. The van der Waals surface area contributed by atoms with E-state index in [1.165, 1.54) is 54.9 Å². The van der Waals surface area contributed by atoms with Crippen molar-refractivity contribution in [2.24, 2.45) is 11.1 Å². The molecule has 1 amide bonds. The fourth-order valence-electron chi connectivity index (χ4n) is 3.47. The van der Waals surface area contributed by atoms with Crippen molar-refractivity contribution >= 4 is 31.6 Å². The maximum absolute atomic E-state index is 13.3. The van der Waals surface area contributed by atoms with E-state index in [1.54, 1.807) is 6.07 Å². The minimum atomic E-state index is -3.93. The van der Waals surface area contributed by atoms with Crippen molar-refractivity contribution in [1.82, 2.24) is 4.31 Å². The first kappa shape index (κ1) is 24.0. The minimum Gasteiger partial charge on any atom is -0.497 e. The molecule has 32 heavy (non-hydrogen) atoms. The minimum absolute atomic E-state index is 0.00376. The number of carbonyl (C=O) groups is 1. The Labute approximate surface area is 187 Å². The summed E-state index contributed by atoms with van der Waals surface area (Å²) in [6.45, 7) is 0.277. The first-order chi connectivity index (χ1) is 15.1. The molecule has 1 fully saturated rings. The summed E-state index contributed by atoms with van der Waals surface area (Å²) >= 11 is 0. The third-order valence-electron chi connectivity index (χ3n) is 5.19. The first-order valence-corrected chi connectivity index (χ1v) is 12.7. The SMILES string of the molecule is COc1ccc(OC)c(S(=O)(=O)N2CCCC(C(=O)Nc3ccc(S(N)(=O)=O)cc3)C2)c1. The van der Waals surface area contributed by atoms with Gasteiger partial charge in [-0.25, -0.2) is 22.0 Å². The molecule has 3 rings (SSSR count). The number of piperidine rings is 1. The predicted octanol–water partition coefficient (Wildman–Crippen LogP) is 1.39. The van der Waals surface area contributed by atoms with Gasteiger partial charge in [0.1, 0.15) is 16.4 Å². The Balaban J connectivity index is 1.77. The highest BCUT2D eigenvalue weighted by Crippen LogP contribution is 2.33. The van der Waals surface area contributed by atoms with Crippen LogP contribution in [-0.2, 0) is 24.8 Å². The molecule has 10 nitrogen and oxygen atoms in total. The Bertz CT molecular complexity index is 1200. The van der Waals surface area contributed by atoms with E-state index in [0.717, 1.165) is 0 Å². The Morgan fingerprint density at radius 3 is 2.34 bits per heavy atom. The second-order valence-electron chi connectivity index (χ2n) is 7.28. The number of nitrogens with two attached hydrogens (primary N) is 1. The van der Waals surface area contributed by atoms with Crippen molar-refractivity contribution in [3.63, 3.8) is 0 Å². The molecule has 1 aliphatic heterocycles. The quantitative estimate of drug-likeness (QED) is 0.605. The van der Waals surface area contributed by atoms with Gasteiger partial charge in [0.05, 0.1) is 25.0 Å². The van der Waals surface area contributed by atoms with Crippen LogP contribution in [0.15, 0.2) is 52.3 Å². The van der Waals surface area contributed by atoms with Crippen molar-refractivity contribution in [3.05, 3.63) is 42.5 Å². The average Bonchev–Trinajstić information content (AvgIpc) is 2.78. The van der Waals surface area contributed by atoms with E-state index in [2.05, 4.69) is 5.32 Å². The summed E-state index contributed by atoms with van der Waals surface area (Å²) in [6, 6.07) is 9.95. The van der Waals surface area contributed by atoms with Crippen LogP contribution in [0.3, 0.4) is 0 Å². The largest absolute Gasteiger partial charge is 0.497 e. The second-order valence-corrected chi connectivity index (χ2v) is 10.7. The lowest BCUT2D eigenvalue weighted by Gasteiger charge is -2.31. The first-order valence-electron chi connectivity index (χ1n) is 9.72. The molecule has 1 atom stereocenters. The highest BCUT2D eigenvalue weighted by atomic mass is 32.2. The van der Waals surface area contributed by atoms with Crippen LogP contribution < -0.4 is 19.9 Å². The zero-order valence-electron chi connectivity index (χ0n) is 17.6. The van der Waals surface area contributed by atoms with Gasteiger partial charge in [0.25, 0.3) is 0 Å². The Morgan fingerprint density at radius 2 is 1.75 bits per heavy atom. The fraction of sp³-hybridized carbons (Fsp3) is 0.350. The number of amides is 1. The zero-order valence-corrected chi connectivity index (χ0v) is 19.3. The molecule has 2 aromatic rings. The van der Waals surface area contributed by atoms with Crippen LogP contribution in [0.2, 0.25) is 0 Å². The summed E-state index contributed by atoms with van der Waals surface area (Å²) in [5, 5.41) is 7.78. The number of rotatable bonds is 7. The number of ether oxygens (including phenoxy) is 2. The van der Waals surface area contributed by atoms with E-state index in [0.29, 0.717) is 24.3 Å². The summed E-state index contributed by atoms with van der Waals surface area (Å²) in [5.41, 5.74) is 0.386. The molecule has 0 spiro atoms. The molecule has 0 radical (unpaired) electrons. The van der Waals surface area contributed by atoms with E-state index < -0.39 is 26.0 Å².